The van der Waals surface area contributed by atoms with E-state index >= 15 is 0 Å². The van der Waals surface area contributed by atoms with Gasteiger partial charge < -0.3 is 20.4 Å². The van der Waals surface area contributed by atoms with E-state index < -0.39 is 0 Å². The fourth-order valence-corrected chi connectivity index (χ4v) is 2.92. The van der Waals surface area contributed by atoms with Crippen molar-refractivity contribution in [3.05, 3.63) is 55.8 Å². The van der Waals surface area contributed by atoms with Crippen molar-refractivity contribution in [2.24, 2.45) is 0 Å². The smallest absolute Gasteiger partial charge is 0.251 e. The molecule has 0 saturated carbocycles. The second kappa shape index (κ2) is 8.76. The molecule has 1 aromatic carbocycles. The Morgan fingerprint density at radius 3 is 2.62 bits per heavy atom. The van der Waals surface area contributed by atoms with Crippen LogP contribution >= 0.6 is 11.6 Å². The Morgan fingerprint density at radius 2 is 2.00 bits per heavy atom. The van der Waals surface area contributed by atoms with E-state index in [2.05, 4.69) is 15.6 Å². The van der Waals surface area contributed by atoms with Gasteiger partial charge >= 0.3 is 0 Å². The van der Waals surface area contributed by atoms with Crippen molar-refractivity contribution in [1.82, 2.24) is 10.3 Å². The maximum Gasteiger partial charge on any atom is 0.251 e. The molecule has 0 aliphatic heterocycles. The minimum atomic E-state index is -0.301. The van der Waals surface area contributed by atoms with Crippen molar-refractivity contribution in [2.45, 2.75) is 33.7 Å². The predicted molar refractivity (Wildman–Crippen MR) is 105 cm³/mol. The summed E-state index contributed by atoms with van der Waals surface area (Å²) in [5.41, 5.74) is 3.07. The van der Waals surface area contributed by atoms with Gasteiger partial charge in [0.25, 0.3) is 5.91 Å². The second-order valence-electron chi connectivity index (χ2n) is 5.86. The number of carbonyl (C=O) groups is 1. The van der Waals surface area contributed by atoms with Gasteiger partial charge in [-0.25, -0.2) is 0 Å². The Labute approximate surface area is 157 Å². The summed E-state index contributed by atoms with van der Waals surface area (Å²) in [5.74, 6) is 0.0657. The number of H-pyrrole nitrogens is 1. The molecule has 0 bridgehead atoms. The van der Waals surface area contributed by atoms with Crippen LogP contribution in [0.4, 0.5) is 5.69 Å². The molecule has 7 heteroatoms. The summed E-state index contributed by atoms with van der Waals surface area (Å²) in [4.78, 5) is 28.0. The average Bonchev–Trinajstić information content (AvgIpc) is 2.62. The summed E-state index contributed by atoms with van der Waals surface area (Å²) < 4.78 is 5.26. The number of nitrogens with one attached hydrogen (secondary N) is 3. The molecule has 140 valence electrons. The Bertz CT molecular complexity index is 862. The highest BCUT2D eigenvalue weighted by molar-refractivity contribution is 6.31. The maximum absolute atomic E-state index is 12.6. The van der Waals surface area contributed by atoms with Gasteiger partial charge in [-0.2, -0.15) is 0 Å². The Balaban J connectivity index is 2.26. The summed E-state index contributed by atoms with van der Waals surface area (Å²) in [6, 6.07) is 4.93. The maximum atomic E-state index is 12.6. The molecule has 3 N–H and O–H groups in total. The summed E-state index contributed by atoms with van der Waals surface area (Å²) in [6.07, 6.45) is 0.688. The molecule has 0 unspecified atom stereocenters. The van der Waals surface area contributed by atoms with Gasteiger partial charge in [0.1, 0.15) is 0 Å². The molecule has 1 heterocycles. The van der Waals surface area contributed by atoms with Crippen molar-refractivity contribution < 1.29 is 9.53 Å². The average molecular weight is 378 g/mol. The molecule has 0 aliphatic carbocycles. The van der Waals surface area contributed by atoms with Gasteiger partial charge in [-0.1, -0.05) is 18.5 Å². The lowest BCUT2D eigenvalue weighted by Gasteiger charge is -2.14. The molecule has 6 nitrogen and oxygen atoms in total. The Morgan fingerprint density at radius 1 is 1.27 bits per heavy atom. The van der Waals surface area contributed by atoms with Crippen LogP contribution in [0.5, 0.6) is 5.88 Å². The lowest BCUT2D eigenvalue weighted by Crippen LogP contribution is -2.27. The number of ether oxygens (including phenoxy) is 1. The predicted octanol–water partition coefficient (Wildman–Crippen LogP) is 3.27. The molecule has 0 spiro atoms. The van der Waals surface area contributed by atoms with E-state index in [9.17, 15) is 9.59 Å². The summed E-state index contributed by atoms with van der Waals surface area (Å²) in [5, 5.41) is 6.44. The molecule has 0 aliphatic rings. The van der Waals surface area contributed by atoms with Crippen molar-refractivity contribution in [3.8, 4) is 5.88 Å². The molecule has 0 fully saturated rings. The molecular formula is C19H24ClN3O3. The van der Waals surface area contributed by atoms with Crippen LogP contribution in [0.15, 0.2) is 23.0 Å². The van der Waals surface area contributed by atoms with Crippen LogP contribution in [-0.4, -0.2) is 24.5 Å². The molecule has 1 amide bonds. The molecule has 0 radical (unpaired) electrons. The minimum absolute atomic E-state index is 0.0594. The zero-order valence-electron chi connectivity index (χ0n) is 15.5. The molecule has 1 aromatic heterocycles. The first-order valence-electron chi connectivity index (χ1n) is 8.52. The number of aromatic nitrogens is 1. The van der Waals surface area contributed by atoms with Crippen LogP contribution in [0, 0.1) is 6.92 Å². The summed E-state index contributed by atoms with van der Waals surface area (Å²) in [6.45, 7) is 6.55. The van der Waals surface area contributed by atoms with Gasteiger partial charge in [0.2, 0.25) is 0 Å². The van der Waals surface area contributed by atoms with Crippen molar-refractivity contribution in [3.63, 3.8) is 0 Å². The van der Waals surface area contributed by atoms with Gasteiger partial charge in [-0.15, -0.1) is 0 Å². The van der Waals surface area contributed by atoms with Crippen molar-refractivity contribution >= 4 is 23.2 Å². The van der Waals surface area contributed by atoms with Crippen LogP contribution in [0.3, 0.4) is 0 Å². The molecular weight excluding hydrogens is 354 g/mol. The number of halogens is 1. The topological polar surface area (TPSA) is 83.2 Å². The van der Waals surface area contributed by atoms with E-state index in [1.165, 1.54) is 13.2 Å². The Hall–Kier alpha value is -2.47. The van der Waals surface area contributed by atoms with Crippen LogP contribution in [-0.2, 0) is 13.0 Å². The lowest BCUT2D eigenvalue weighted by atomic mass is 10.1. The number of aromatic amines is 1. The highest BCUT2D eigenvalue weighted by atomic mass is 35.5. The van der Waals surface area contributed by atoms with Gasteiger partial charge in [0, 0.05) is 34.6 Å². The van der Waals surface area contributed by atoms with Crippen LogP contribution < -0.4 is 20.8 Å². The highest BCUT2D eigenvalue weighted by Crippen LogP contribution is 2.25. The zero-order chi connectivity index (χ0) is 19.3. The van der Waals surface area contributed by atoms with E-state index in [0.717, 1.165) is 23.5 Å². The monoisotopic (exact) mass is 377 g/mol. The van der Waals surface area contributed by atoms with Gasteiger partial charge in [-0.05, 0) is 38.0 Å². The first-order chi connectivity index (χ1) is 12.4. The third kappa shape index (κ3) is 4.38. The standard InChI is InChI=1S/C19H24ClN3O3/c1-5-13-9-17(24)15(19(23-13)26-4)10-22-18(25)14-7-12(20)8-16(11(14)3)21-6-2/h7-9,21H,5-6,10H2,1-4H3,(H,22,25)(H,23,24). The largest absolute Gasteiger partial charge is 0.482 e. The van der Waals surface area contributed by atoms with Crippen molar-refractivity contribution in [2.75, 3.05) is 19.0 Å². The molecule has 2 aromatic rings. The summed E-state index contributed by atoms with van der Waals surface area (Å²) in [7, 11) is 1.49. The normalized spacial score (nSPS) is 10.5. The van der Waals surface area contributed by atoms with Gasteiger partial charge in [0.05, 0.1) is 19.2 Å². The Kier molecular flexibility index (Phi) is 6.69. The zero-order valence-corrected chi connectivity index (χ0v) is 16.2. The molecule has 0 saturated heterocycles. The first-order valence-corrected chi connectivity index (χ1v) is 8.90. The number of pyridine rings is 1. The minimum Gasteiger partial charge on any atom is -0.482 e. The summed E-state index contributed by atoms with van der Waals surface area (Å²) >= 11 is 6.13. The number of hydrogen-bond acceptors (Lipinski definition) is 4. The lowest BCUT2D eigenvalue weighted by molar-refractivity contribution is 0.0950. The number of aryl methyl sites for hydroxylation is 1. The van der Waals surface area contributed by atoms with Crippen LogP contribution in [0.25, 0.3) is 0 Å². The first kappa shape index (κ1) is 19.8. The quantitative estimate of drug-likeness (QED) is 0.691. The van der Waals surface area contributed by atoms with Gasteiger partial charge in [0.15, 0.2) is 11.3 Å². The number of carbonyl (C=O) groups excluding carboxylic acids is 1. The number of methoxy groups -OCH3 is 1. The number of hydrogen-bond donors (Lipinski definition) is 3. The number of anilines is 1. The van der Waals surface area contributed by atoms with E-state index in [1.54, 1.807) is 12.1 Å². The fraction of sp³-hybridized carbons (Fsp3) is 0.368. The van der Waals surface area contributed by atoms with E-state index in [0.29, 0.717) is 28.5 Å². The third-order valence-corrected chi connectivity index (χ3v) is 4.36. The van der Waals surface area contributed by atoms with Crippen molar-refractivity contribution in [1.29, 1.82) is 0 Å². The molecule has 0 atom stereocenters. The highest BCUT2D eigenvalue weighted by Gasteiger charge is 2.16. The number of benzene rings is 1. The number of rotatable bonds is 7. The van der Waals surface area contributed by atoms with E-state index in [1.807, 2.05) is 20.8 Å². The SMILES string of the molecule is CCNc1cc(Cl)cc(C(=O)NCc2c(OC)[nH]c(CC)cc2=O)c1C. The number of amides is 1. The second-order valence-corrected chi connectivity index (χ2v) is 6.30. The van der Waals surface area contributed by atoms with Crippen LogP contribution in [0.2, 0.25) is 5.02 Å². The molecule has 2 rings (SSSR count). The van der Waals surface area contributed by atoms with E-state index in [4.69, 9.17) is 16.3 Å². The fourth-order valence-electron chi connectivity index (χ4n) is 2.70. The molecule has 26 heavy (non-hydrogen) atoms. The van der Waals surface area contributed by atoms with Crippen LogP contribution in [0.1, 0.15) is 41.0 Å². The van der Waals surface area contributed by atoms with E-state index in [-0.39, 0.29) is 17.9 Å². The third-order valence-electron chi connectivity index (χ3n) is 4.15. The van der Waals surface area contributed by atoms with Gasteiger partial charge in [-0.3, -0.25) is 9.59 Å².